The summed E-state index contributed by atoms with van der Waals surface area (Å²) in [5, 5.41) is 7.44. The molecule has 3 rings (SSSR count). The second-order valence-corrected chi connectivity index (χ2v) is 5.89. The van der Waals surface area contributed by atoms with E-state index in [9.17, 15) is 4.79 Å². The number of hydrogen-bond acceptors (Lipinski definition) is 4. The number of aromatic nitrogens is 2. The van der Waals surface area contributed by atoms with Gasteiger partial charge < -0.3 is 15.0 Å². The van der Waals surface area contributed by atoms with Crippen molar-refractivity contribution in [2.45, 2.75) is 12.8 Å². The highest BCUT2D eigenvalue weighted by molar-refractivity contribution is 5.95. The Morgan fingerprint density at radius 3 is 2.31 bits per heavy atom. The minimum absolute atomic E-state index is 0.0648. The largest absolute Gasteiger partial charge is 0.469 e. The van der Waals surface area contributed by atoms with Crippen molar-refractivity contribution in [2.24, 2.45) is 5.73 Å². The summed E-state index contributed by atoms with van der Waals surface area (Å²) in [5.74, 6) is -0.172. The number of nitrogens with two attached hydrogens (primary N) is 1. The molecule has 1 aromatic heterocycles. The molecule has 6 nitrogen and oxygen atoms in total. The maximum atomic E-state index is 11.2. The number of nitrogens with one attached hydrogen (secondary N) is 1. The number of aryl methyl sites for hydroxylation is 1. The van der Waals surface area contributed by atoms with E-state index in [1.54, 1.807) is 6.33 Å². The average molecular weight is 348 g/mol. The third-order valence-corrected chi connectivity index (χ3v) is 4.14. The standard InChI is InChI=1S/C20H20N4O2/c1-26-19(25)11-8-17-12-24(13-23-17)18-9-6-15(7-10-18)14-2-4-16(5-3-14)20(21)22/h2-7,9-10,12-13H,8,11H2,1H3,(H3,21,22). The number of carbonyl (C=O) groups is 1. The quantitative estimate of drug-likeness (QED) is 0.407. The predicted molar refractivity (Wildman–Crippen MR) is 100 cm³/mol. The van der Waals surface area contributed by atoms with E-state index >= 15 is 0 Å². The molecular formula is C20H20N4O2. The number of hydrogen-bond donors (Lipinski definition) is 2. The number of nitrogen functional groups attached to an aromatic ring is 1. The molecule has 0 aliphatic heterocycles. The molecule has 0 aliphatic carbocycles. The van der Waals surface area contributed by atoms with Crippen molar-refractivity contribution in [1.82, 2.24) is 9.55 Å². The van der Waals surface area contributed by atoms with Crippen LogP contribution in [0.4, 0.5) is 0 Å². The monoisotopic (exact) mass is 348 g/mol. The molecular weight excluding hydrogens is 328 g/mol. The molecule has 0 spiro atoms. The number of benzene rings is 2. The van der Waals surface area contributed by atoms with Gasteiger partial charge in [-0.3, -0.25) is 10.2 Å². The van der Waals surface area contributed by atoms with Gasteiger partial charge in [-0.25, -0.2) is 4.98 Å². The molecule has 3 aromatic rings. The number of imidazole rings is 1. The minimum atomic E-state index is -0.236. The Bertz CT molecular complexity index is 912. The Morgan fingerprint density at radius 2 is 1.73 bits per heavy atom. The molecule has 0 bridgehead atoms. The van der Waals surface area contributed by atoms with Crippen molar-refractivity contribution in [3.63, 3.8) is 0 Å². The molecule has 0 aliphatic rings. The van der Waals surface area contributed by atoms with Gasteiger partial charge in [0.15, 0.2) is 0 Å². The molecule has 0 unspecified atom stereocenters. The van der Waals surface area contributed by atoms with Gasteiger partial charge in [0, 0.05) is 23.9 Å². The van der Waals surface area contributed by atoms with Gasteiger partial charge in [0.1, 0.15) is 5.84 Å². The van der Waals surface area contributed by atoms with Gasteiger partial charge in [-0.05, 0) is 23.3 Å². The van der Waals surface area contributed by atoms with Crippen LogP contribution in [0.2, 0.25) is 0 Å². The van der Waals surface area contributed by atoms with E-state index in [1.165, 1.54) is 7.11 Å². The molecule has 1 heterocycles. The van der Waals surface area contributed by atoms with Crippen LogP contribution in [0.15, 0.2) is 61.1 Å². The molecule has 0 saturated carbocycles. The van der Waals surface area contributed by atoms with E-state index in [0.717, 1.165) is 22.5 Å². The van der Waals surface area contributed by atoms with Crippen molar-refractivity contribution < 1.29 is 9.53 Å². The fourth-order valence-electron chi connectivity index (χ4n) is 2.63. The topological polar surface area (TPSA) is 94.0 Å². The van der Waals surface area contributed by atoms with Crippen molar-refractivity contribution in [2.75, 3.05) is 7.11 Å². The van der Waals surface area contributed by atoms with Crippen molar-refractivity contribution in [1.29, 1.82) is 5.41 Å². The van der Waals surface area contributed by atoms with Crippen LogP contribution in [0.5, 0.6) is 0 Å². The number of esters is 1. The highest BCUT2D eigenvalue weighted by Crippen LogP contribution is 2.22. The first-order valence-electron chi connectivity index (χ1n) is 8.22. The molecule has 0 amide bonds. The smallest absolute Gasteiger partial charge is 0.305 e. The van der Waals surface area contributed by atoms with E-state index < -0.39 is 0 Å². The lowest BCUT2D eigenvalue weighted by Gasteiger charge is -2.06. The van der Waals surface area contributed by atoms with Crippen molar-refractivity contribution in [3.05, 3.63) is 72.3 Å². The van der Waals surface area contributed by atoms with E-state index in [2.05, 4.69) is 9.72 Å². The van der Waals surface area contributed by atoms with Crippen LogP contribution in [0.25, 0.3) is 16.8 Å². The van der Waals surface area contributed by atoms with E-state index in [0.29, 0.717) is 18.4 Å². The Balaban J connectivity index is 1.72. The number of methoxy groups -OCH3 is 1. The zero-order valence-corrected chi connectivity index (χ0v) is 14.5. The third kappa shape index (κ3) is 3.97. The van der Waals surface area contributed by atoms with Crippen LogP contribution in [-0.2, 0) is 16.0 Å². The maximum Gasteiger partial charge on any atom is 0.305 e. The van der Waals surface area contributed by atoms with Gasteiger partial charge in [-0.1, -0.05) is 36.4 Å². The Kier molecular flexibility index (Phi) is 5.12. The minimum Gasteiger partial charge on any atom is -0.469 e. The Morgan fingerprint density at radius 1 is 1.12 bits per heavy atom. The zero-order chi connectivity index (χ0) is 18.5. The number of carbonyl (C=O) groups excluding carboxylic acids is 1. The summed E-state index contributed by atoms with van der Waals surface area (Å²) in [4.78, 5) is 15.5. The van der Waals surface area contributed by atoms with Gasteiger partial charge in [-0.2, -0.15) is 0 Å². The summed E-state index contributed by atoms with van der Waals surface area (Å²) in [6.07, 6.45) is 4.53. The lowest BCUT2D eigenvalue weighted by molar-refractivity contribution is -0.140. The van der Waals surface area contributed by atoms with Crippen molar-refractivity contribution >= 4 is 11.8 Å². The molecule has 3 N–H and O–H groups in total. The summed E-state index contributed by atoms with van der Waals surface area (Å²) in [5.41, 5.74) is 10.2. The van der Waals surface area contributed by atoms with Crippen LogP contribution in [0.3, 0.4) is 0 Å². The Hall–Kier alpha value is -3.41. The van der Waals surface area contributed by atoms with Crippen LogP contribution < -0.4 is 5.73 Å². The van der Waals surface area contributed by atoms with Crippen LogP contribution in [0, 0.1) is 5.41 Å². The highest BCUT2D eigenvalue weighted by Gasteiger charge is 2.06. The summed E-state index contributed by atoms with van der Waals surface area (Å²) >= 11 is 0. The van der Waals surface area contributed by atoms with Crippen LogP contribution >= 0.6 is 0 Å². The lowest BCUT2D eigenvalue weighted by atomic mass is 10.0. The first kappa shape index (κ1) is 17.4. The lowest BCUT2D eigenvalue weighted by Crippen LogP contribution is -2.10. The van der Waals surface area contributed by atoms with Crippen LogP contribution in [0.1, 0.15) is 17.7 Å². The molecule has 0 radical (unpaired) electrons. The number of amidine groups is 1. The summed E-state index contributed by atoms with van der Waals surface area (Å²) in [7, 11) is 1.39. The maximum absolute atomic E-state index is 11.2. The van der Waals surface area contributed by atoms with Gasteiger partial charge in [0.2, 0.25) is 0 Å². The highest BCUT2D eigenvalue weighted by atomic mass is 16.5. The average Bonchev–Trinajstić information content (AvgIpc) is 3.15. The number of nitrogens with zero attached hydrogens (tertiary/aromatic N) is 2. The van der Waals surface area contributed by atoms with E-state index in [-0.39, 0.29) is 11.8 Å². The Labute approximate surface area is 151 Å². The van der Waals surface area contributed by atoms with Crippen LogP contribution in [-0.4, -0.2) is 28.5 Å². The van der Waals surface area contributed by atoms with Gasteiger partial charge in [-0.15, -0.1) is 0 Å². The zero-order valence-electron chi connectivity index (χ0n) is 14.5. The predicted octanol–water partition coefficient (Wildman–Crippen LogP) is 2.93. The fraction of sp³-hybridized carbons (Fsp3) is 0.150. The number of rotatable bonds is 6. The molecule has 26 heavy (non-hydrogen) atoms. The molecule has 6 heteroatoms. The summed E-state index contributed by atoms with van der Waals surface area (Å²) < 4.78 is 6.57. The normalized spacial score (nSPS) is 10.5. The second kappa shape index (κ2) is 7.65. The SMILES string of the molecule is COC(=O)CCc1cn(-c2ccc(-c3ccc(C(=N)N)cc3)cc2)cn1. The molecule has 2 aromatic carbocycles. The molecule has 132 valence electrons. The van der Waals surface area contributed by atoms with E-state index in [4.69, 9.17) is 11.1 Å². The fourth-order valence-corrected chi connectivity index (χ4v) is 2.63. The van der Waals surface area contributed by atoms with Gasteiger partial charge in [0.05, 0.1) is 25.6 Å². The molecule has 0 saturated heterocycles. The van der Waals surface area contributed by atoms with Gasteiger partial charge in [0.25, 0.3) is 0 Å². The second-order valence-electron chi connectivity index (χ2n) is 5.89. The number of ether oxygens (including phenoxy) is 1. The van der Waals surface area contributed by atoms with Gasteiger partial charge >= 0.3 is 5.97 Å². The first-order chi connectivity index (χ1) is 12.6. The first-order valence-corrected chi connectivity index (χ1v) is 8.22. The summed E-state index contributed by atoms with van der Waals surface area (Å²) in [6.45, 7) is 0. The third-order valence-electron chi connectivity index (χ3n) is 4.14. The molecule has 0 fully saturated rings. The molecule has 0 atom stereocenters. The van der Waals surface area contributed by atoms with Crippen molar-refractivity contribution in [3.8, 4) is 16.8 Å². The van der Waals surface area contributed by atoms with E-state index in [1.807, 2.05) is 59.3 Å². The summed E-state index contributed by atoms with van der Waals surface area (Å²) in [6, 6.07) is 15.7.